The van der Waals surface area contributed by atoms with Crippen molar-refractivity contribution in [3.05, 3.63) is 29.3 Å². The van der Waals surface area contributed by atoms with Crippen LogP contribution < -0.4 is 0 Å². The fourth-order valence-electron chi connectivity index (χ4n) is 1.35. The third-order valence-corrected chi connectivity index (χ3v) is 2.02. The predicted octanol–water partition coefficient (Wildman–Crippen LogP) is 2.13. The van der Waals surface area contributed by atoms with Gasteiger partial charge in [-0.15, -0.1) is 0 Å². The number of hydrogen-bond acceptors (Lipinski definition) is 3. The SMILES string of the molecule is Cc1ccc2c(c1)N=NC2CO. The summed E-state index contributed by atoms with van der Waals surface area (Å²) in [5, 5.41) is 16.8. The van der Waals surface area contributed by atoms with E-state index >= 15 is 0 Å². The number of nitrogens with zero attached hydrogens (tertiary/aromatic N) is 2. The van der Waals surface area contributed by atoms with Crippen LogP contribution in [0.4, 0.5) is 5.69 Å². The van der Waals surface area contributed by atoms with Crippen LogP contribution in [0.2, 0.25) is 0 Å². The van der Waals surface area contributed by atoms with Crippen molar-refractivity contribution in [2.75, 3.05) is 6.61 Å². The van der Waals surface area contributed by atoms with Crippen molar-refractivity contribution in [3.8, 4) is 0 Å². The molecule has 0 aliphatic carbocycles. The molecule has 0 amide bonds. The molecule has 0 saturated carbocycles. The minimum atomic E-state index is -0.138. The lowest BCUT2D eigenvalue weighted by molar-refractivity contribution is 0.269. The Bertz CT molecular complexity index is 333. The lowest BCUT2D eigenvalue weighted by atomic mass is 10.1. The second-order valence-corrected chi connectivity index (χ2v) is 2.98. The van der Waals surface area contributed by atoms with Crippen molar-refractivity contribution in [1.82, 2.24) is 0 Å². The molecule has 0 bridgehead atoms. The summed E-state index contributed by atoms with van der Waals surface area (Å²) < 4.78 is 0. The van der Waals surface area contributed by atoms with Crippen LogP contribution in [0.1, 0.15) is 17.2 Å². The van der Waals surface area contributed by atoms with Crippen molar-refractivity contribution in [1.29, 1.82) is 0 Å². The Balaban J connectivity index is 2.47. The van der Waals surface area contributed by atoms with Crippen LogP contribution in [0, 0.1) is 6.92 Å². The van der Waals surface area contributed by atoms with Gasteiger partial charge in [0.05, 0.1) is 12.3 Å². The van der Waals surface area contributed by atoms with E-state index < -0.39 is 0 Å². The average Bonchev–Trinajstić information content (AvgIpc) is 2.46. The van der Waals surface area contributed by atoms with Crippen LogP contribution in [-0.4, -0.2) is 11.7 Å². The van der Waals surface area contributed by atoms with Gasteiger partial charge in [-0.05, 0) is 18.6 Å². The topological polar surface area (TPSA) is 45.0 Å². The van der Waals surface area contributed by atoms with Crippen LogP contribution in [0.5, 0.6) is 0 Å². The molecule has 1 atom stereocenters. The Morgan fingerprint density at radius 2 is 2.33 bits per heavy atom. The van der Waals surface area contributed by atoms with Gasteiger partial charge in [0, 0.05) is 5.56 Å². The van der Waals surface area contributed by atoms with E-state index in [-0.39, 0.29) is 12.6 Å². The Hall–Kier alpha value is -1.22. The van der Waals surface area contributed by atoms with Crippen molar-refractivity contribution < 1.29 is 5.11 Å². The maximum atomic E-state index is 8.93. The van der Waals surface area contributed by atoms with E-state index in [1.165, 1.54) is 5.56 Å². The summed E-state index contributed by atoms with van der Waals surface area (Å²) in [7, 11) is 0. The molecule has 1 aromatic rings. The molecule has 0 saturated heterocycles. The minimum Gasteiger partial charge on any atom is -0.394 e. The highest BCUT2D eigenvalue weighted by atomic mass is 16.3. The van der Waals surface area contributed by atoms with Crippen LogP contribution in [-0.2, 0) is 0 Å². The summed E-state index contributed by atoms with van der Waals surface area (Å²) in [6, 6.07) is 5.83. The molecule has 0 aromatic heterocycles. The first-order valence-corrected chi connectivity index (χ1v) is 3.93. The molecular weight excluding hydrogens is 152 g/mol. The molecule has 3 nitrogen and oxygen atoms in total. The van der Waals surface area contributed by atoms with Gasteiger partial charge in [0.1, 0.15) is 6.04 Å². The van der Waals surface area contributed by atoms with Gasteiger partial charge in [-0.3, -0.25) is 0 Å². The Kier molecular flexibility index (Phi) is 1.66. The van der Waals surface area contributed by atoms with Crippen LogP contribution >= 0.6 is 0 Å². The molecule has 2 rings (SSSR count). The van der Waals surface area contributed by atoms with Gasteiger partial charge < -0.3 is 5.11 Å². The van der Waals surface area contributed by atoms with Gasteiger partial charge in [0.2, 0.25) is 0 Å². The fraction of sp³-hybridized carbons (Fsp3) is 0.333. The zero-order valence-electron chi connectivity index (χ0n) is 6.86. The molecule has 1 heterocycles. The van der Waals surface area contributed by atoms with E-state index in [1.54, 1.807) is 0 Å². The van der Waals surface area contributed by atoms with E-state index in [9.17, 15) is 0 Å². The van der Waals surface area contributed by atoms with Crippen molar-refractivity contribution >= 4 is 5.69 Å². The Morgan fingerprint density at radius 3 is 3.08 bits per heavy atom. The van der Waals surface area contributed by atoms with E-state index in [1.807, 2.05) is 25.1 Å². The zero-order valence-corrected chi connectivity index (χ0v) is 6.86. The van der Waals surface area contributed by atoms with Crippen molar-refractivity contribution in [2.45, 2.75) is 13.0 Å². The van der Waals surface area contributed by atoms with E-state index in [4.69, 9.17) is 5.11 Å². The highest BCUT2D eigenvalue weighted by Crippen LogP contribution is 2.35. The van der Waals surface area contributed by atoms with Crippen molar-refractivity contribution in [3.63, 3.8) is 0 Å². The molecule has 1 aliphatic heterocycles. The van der Waals surface area contributed by atoms with Gasteiger partial charge in [0.15, 0.2) is 0 Å². The number of aliphatic hydroxyl groups excluding tert-OH is 1. The second-order valence-electron chi connectivity index (χ2n) is 2.98. The normalized spacial score (nSPS) is 19.7. The number of fused-ring (bicyclic) bond motifs is 1. The van der Waals surface area contributed by atoms with Crippen LogP contribution in [0.15, 0.2) is 28.4 Å². The number of hydrogen-bond donors (Lipinski definition) is 1. The monoisotopic (exact) mass is 162 g/mol. The van der Waals surface area contributed by atoms with Gasteiger partial charge >= 0.3 is 0 Å². The molecule has 12 heavy (non-hydrogen) atoms. The largest absolute Gasteiger partial charge is 0.394 e. The van der Waals surface area contributed by atoms with Gasteiger partial charge in [-0.25, -0.2) is 0 Å². The number of aryl methyl sites for hydroxylation is 1. The highest BCUT2D eigenvalue weighted by molar-refractivity contribution is 5.51. The maximum absolute atomic E-state index is 8.93. The molecule has 1 unspecified atom stereocenters. The molecular formula is C9H10N2O. The molecule has 0 fully saturated rings. The molecule has 0 spiro atoms. The lowest BCUT2D eigenvalue weighted by Gasteiger charge is -2.02. The molecule has 1 aromatic carbocycles. The van der Waals surface area contributed by atoms with Crippen LogP contribution in [0.25, 0.3) is 0 Å². The number of rotatable bonds is 1. The van der Waals surface area contributed by atoms with E-state index in [0.29, 0.717) is 0 Å². The summed E-state index contributed by atoms with van der Waals surface area (Å²) in [5.74, 6) is 0. The summed E-state index contributed by atoms with van der Waals surface area (Å²) in [5.41, 5.74) is 3.10. The number of benzene rings is 1. The van der Waals surface area contributed by atoms with Crippen LogP contribution in [0.3, 0.4) is 0 Å². The van der Waals surface area contributed by atoms with Gasteiger partial charge in [0.25, 0.3) is 0 Å². The highest BCUT2D eigenvalue weighted by Gasteiger charge is 2.18. The third kappa shape index (κ3) is 1.02. The van der Waals surface area contributed by atoms with E-state index in [2.05, 4.69) is 10.2 Å². The zero-order chi connectivity index (χ0) is 8.55. The Labute approximate surface area is 70.8 Å². The first-order valence-electron chi connectivity index (χ1n) is 3.93. The summed E-state index contributed by atoms with van der Waals surface area (Å²) in [6.07, 6.45) is 0. The summed E-state index contributed by atoms with van der Waals surface area (Å²) in [6.45, 7) is 2.06. The molecule has 3 heteroatoms. The Morgan fingerprint density at radius 1 is 1.50 bits per heavy atom. The maximum Gasteiger partial charge on any atom is 0.121 e. The lowest BCUT2D eigenvalue weighted by Crippen LogP contribution is -1.96. The fourth-order valence-corrected chi connectivity index (χ4v) is 1.35. The van der Waals surface area contributed by atoms with Gasteiger partial charge in [-0.1, -0.05) is 12.1 Å². The molecule has 0 radical (unpaired) electrons. The van der Waals surface area contributed by atoms with E-state index in [0.717, 1.165) is 11.3 Å². The number of aliphatic hydroxyl groups is 1. The van der Waals surface area contributed by atoms with Gasteiger partial charge in [-0.2, -0.15) is 10.2 Å². The first-order chi connectivity index (χ1) is 5.81. The molecule has 62 valence electrons. The average molecular weight is 162 g/mol. The predicted molar refractivity (Wildman–Crippen MR) is 45.5 cm³/mol. The van der Waals surface area contributed by atoms with Crippen molar-refractivity contribution in [2.24, 2.45) is 10.2 Å². The third-order valence-electron chi connectivity index (χ3n) is 2.02. The standard InChI is InChI=1S/C9H10N2O/c1-6-2-3-7-8(4-6)10-11-9(7)5-12/h2-4,9,12H,5H2,1H3. The molecule has 1 aliphatic rings. The number of azo groups is 1. The smallest absolute Gasteiger partial charge is 0.121 e. The first kappa shape index (κ1) is 7.43. The summed E-state index contributed by atoms with van der Waals surface area (Å²) >= 11 is 0. The summed E-state index contributed by atoms with van der Waals surface area (Å²) in [4.78, 5) is 0. The quantitative estimate of drug-likeness (QED) is 0.675. The minimum absolute atomic E-state index is 0.0412. The molecule has 1 N–H and O–H groups in total. The second kappa shape index (κ2) is 2.68.